The van der Waals surface area contributed by atoms with Crippen LogP contribution < -0.4 is 20.7 Å². The molecule has 0 aliphatic heterocycles. The molecule has 138 valence electrons. The number of carbonyl (C=O) groups is 2. The molecule has 0 bridgehead atoms. The van der Waals surface area contributed by atoms with Gasteiger partial charge >= 0.3 is 0 Å². The molecule has 2 aromatic rings. The zero-order chi connectivity index (χ0) is 19.3. The van der Waals surface area contributed by atoms with Crippen molar-refractivity contribution in [1.82, 2.24) is 10.6 Å². The molecule has 2 amide bonds. The standard InChI is InChI=1S/C20H20N4O3/c21-13-16(14-22-11-4-12-23-15-25)20(26)24-17-7-9-19(10-8-17)27-18-5-2-1-3-6-18/h1-3,5-10,14-15,22H,4,11-12H2,(H,23,25)(H,24,26)/b16-14-. The van der Waals surface area contributed by atoms with Gasteiger partial charge in [0, 0.05) is 25.0 Å². The van der Waals surface area contributed by atoms with Crippen LogP contribution in [0.3, 0.4) is 0 Å². The summed E-state index contributed by atoms with van der Waals surface area (Å²) in [6.45, 7) is 1.06. The number of para-hydroxylation sites is 1. The van der Waals surface area contributed by atoms with Gasteiger partial charge in [0.05, 0.1) is 0 Å². The summed E-state index contributed by atoms with van der Waals surface area (Å²) in [4.78, 5) is 22.3. The molecular weight excluding hydrogens is 344 g/mol. The fourth-order valence-electron chi connectivity index (χ4n) is 2.10. The van der Waals surface area contributed by atoms with Crippen LogP contribution in [0, 0.1) is 11.3 Å². The van der Waals surface area contributed by atoms with Crippen molar-refractivity contribution in [2.45, 2.75) is 6.42 Å². The third-order valence-corrected chi connectivity index (χ3v) is 3.43. The van der Waals surface area contributed by atoms with Crippen molar-refractivity contribution < 1.29 is 14.3 Å². The Morgan fingerprint density at radius 2 is 1.67 bits per heavy atom. The molecule has 7 heteroatoms. The minimum absolute atomic E-state index is 0.0389. The van der Waals surface area contributed by atoms with E-state index < -0.39 is 5.91 Å². The van der Waals surface area contributed by atoms with Gasteiger partial charge in [-0.15, -0.1) is 0 Å². The second kappa shape index (κ2) is 10.9. The normalized spacial score (nSPS) is 10.4. The summed E-state index contributed by atoms with van der Waals surface area (Å²) in [6.07, 6.45) is 2.67. The second-order valence-electron chi connectivity index (χ2n) is 5.44. The highest BCUT2D eigenvalue weighted by Crippen LogP contribution is 2.22. The van der Waals surface area contributed by atoms with Gasteiger partial charge in [0.15, 0.2) is 0 Å². The number of nitrogens with zero attached hydrogens (tertiary/aromatic N) is 1. The Hall–Kier alpha value is -3.79. The molecule has 7 nitrogen and oxygen atoms in total. The van der Waals surface area contributed by atoms with Crippen molar-refractivity contribution in [2.24, 2.45) is 0 Å². The first-order valence-corrected chi connectivity index (χ1v) is 8.38. The molecular formula is C20H20N4O3. The SMILES string of the molecule is N#C/C(=C/NCCCNC=O)C(=O)Nc1ccc(Oc2ccccc2)cc1. The summed E-state index contributed by atoms with van der Waals surface area (Å²) in [5.74, 6) is 0.854. The first-order valence-electron chi connectivity index (χ1n) is 8.38. The number of anilines is 1. The minimum atomic E-state index is -0.507. The largest absolute Gasteiger partial charge is 0.457 e. The third-order valence-electron chi connectivity index (χ3n) is 3.43. The third kappa shape index (κ3) is 6.92. The number of ether oxygens (including phenoxy) is 1. The smallest absolute Gasteiger partial charge is 0.267 e. The van der Waals surface area contributed by atoms with Gasteiger partial charge in [0.2, 0.25) is 6.41 Å². The van der Waals surface area contributed by atoms with E-state index in [1.807, 2.05) is 36.4 Å². The van der Waals surface area contributed by atoms with Crippen LogP contribution in [-0.2, 0) is 9.59 Å². The number of rotatable bonds is 10. The fraction of sp³-hybridized carbons (Fsp3) is 0.150. The Balaban J connectivity index is 1.86. The van der Waals surface area contributed by atoms with Gasteiger partial charge in [-0.2, -0.15) is 5.26 Å². The minimum Gasteiger partial charge on any atom is -0.457 e. The van der Waals surface area contributed by atoms with Crippen molar-refractivity contribution in [3.63, 3.8) is 0 Å². The summed E-state index contributed by atoms with van der Waals surface area (Å²) in [5, 5.41) is 17.2. The molecule has 27 heavy (non-hydrogen) atoms. The molecule has 3 N–H and O–H groups in total. The van der Waals surface area contributed by atoms with Crippen LogP contribution >= 0.6 is 0 Å². The van der Waals surface area contributed by atoms with Crippen molar-refractivity contribution in [3.8, 4) is 17.6 Å². The van der Waals surface area contributed by atoms with Crippen LogP contribution in [0.25, 0.3) is 0 Å². The van der Waals surface area contributed by atoms with E-state index in [2.05, 4.69) is 16.0 Å². The summed E-state index contributed by atoms with van der Waals surface area (Å²) in [7, 11) is 0. The van der Waals surface area contributed by atoms with Crippen LogP contribution in [0.4, 0.5) is 5.69 Å². The molecule has 2 aromatic carbocycles. The molecule has 0 aromatic heterocycles. The maximum absolute atomic E-state index is 12.2. The molecule has 0 aliphatic rings. The first-order chi connectivity index (χ1) is 13.2. The van der Waals surface area contributed by atoms with Crippen molar-refractivity contribution in [3.05, 3.63) is 66.4 Å². The molecule has 2 rings (SSSR count). The van der Waals surface area contributed by atoms with Crippen LogP contribution in [0.2, 0.25) is 0 Å². The van der Waals surface area contributed by atoms with Crippen LogP contribution in [0.5, 0.6) is 11.5 Å². The summed E-state index contributed by atoms with van der Waals surface area (Å²) >= 11 is 0. The van der Waals surface area contributed by atoms with Crippen LogP contribution in [0.15, 0.2) is 66.4 Å². The predicted molar refractivity (Wildman–Crippen MR) is 102 cm³/mol. The van der Waals surface area contributed by atoms with Crippen molar-refractivity contribution in [2.75, 3.05) is 18.4 Å². The molecule has 0 saturated carbocycles. The Morgan fingerprint density at radius 1 is 1.00 bits per heavy atom. The fourth-order valence-corrected chi connectivity index (χ4v) is 2.10. The quantitative estimate of drug-likeness (QED) is 0.260. The first kappa shape index (κ1) is 19.5. The number of carbonyl (C=O) groups excluding carboxylic acids is 2. The zero-order valence-electron chi connectivity index (χ0n) is 14.6. The van der Waals surface area contributed by atoms with Gasteiger partial charge in [-0.1, -0.05) is 18.2 Å². The van der Waals surface area contributed by atoms with Crippen molar-refractivity contribution >= 4 is 18.0 Å². The maximum Gasteiger partial charge on any atom is 0.267 e. The van der Waals surface area contributed by atoms with Gasteiger partial charge in [0.25, 0.3) is 5.91 Å². The molecule has 0 saturated heterocycles. The lowest BCUT2D eigenvalue weighted by Gasteiger charge is -2.08. The highest BCUT2D eigenvalue weighted by atomic mass is 16.5. The van der Waals surface area contributed by atoms with E-state index in [9.17, 15) is 9.59 Å². The average Bonchev–Trinajstić information content (AvgIpc) is 2.70. The van der Waals surface area contributed by atoms with Gasteiger partial charge in [-0.3, -0.25) is 9.59 Å². The highest BCUT2D eigenvalue weighted by molar-refractivity contribution is 6.06. The lowest BCUT2D eigenvalue weighted by Crippen LogP contribution is -2.20. The predicted octanol–water partition coefficient (Wildman–Crippen LogP) is 2.55. The van der Waals surface area contributed by atoms with E-state index in [4.69, 9.17) is 10.00 Å². The second-order valence-corrected chi connectivity index (χ2v) is 5.44. The highest BCUT2D eigenvalue weighted by Gasteiger charge is 2.09. The molecule has 0 aliphatic carbocycles. The molecule has 0 spiro atoms. The monoisotopic (exact) mass is 364 g/mol. The summed E-state index contributed by atoms with van der Waals surface area (Å²) < 4.78 is 5.69. The Bertz CT molecular complexity index is 811. The van der Waals surface area contributed by atoms with E-state index in [0.717, 1.165) is 5.75 Å². The Morgan fingerprint density at radius 3 is 2.33 bits per heavy atom. The maximum atomic E-state index is 12.2. The lowest BCUT2D eigenvalue weighted by atomic mass is 10.2. The summed E-state index contributed by atoms with van der Waals surface area (Å²) in [5.41, 5.74) is 0.514. The van der Waals surface area contributed by atoms with E-state index in [1.54, 1.807) is 24.3 Å². The molecule has 0 atom stereocenters. The molecule has 0 radical (unpaired) electrons. The number of amides is 2. The number of hydrogen-bond donors (Lipinski definition) is 3. The number of nitriles is 1. The number of benzene rings is 2. The average molecular weight is 364 g/mol. The number of nitrogens with one attached hydrogen (secondary N) is 3. The van der Waals surface area contributed by atoms with Gasteiger partial charge in [0.1, 0.15) is 23.1 Å². The van der Waals surface area contributed by atoms with Gasteiger partial charge in [-0.05, 0) is 42.8 Å². The van der Waals surface area contributed by atoms with E-state index in [1.165, 1.54) is 6.20 Å². The van der Waals surface area contributed by atoms with E-state index >= 15 is 0 Å². The zero-order valence-corrected chi connectivity index (χ0v) is 14.6. The topological polar surface area (TPSA) is 103 Å². The number of hydrogen-bond acceptors (Lipinski definition) is 5. The van der Waals surface area contributed by atoms with E-state index in [-0.39, 0.29) is 5.57 Å². The molecule has 0 heterocycles. The lowest BCUT2D eigenvalue weighted by molar-refractivity contribution is -0.112. The van der Waals surface area contributed by atoms with Gasteiger partial charge < -0.3 is 20.7 Å². The molecule has 0 fully saturated rings. The Kier molecular flexibility index (Phi) is 7.92. The van der Waals surface area contributed by atoms with E-state index in [0.29, 0.717) is 37.4 Å². The summed E-state index contributed by atoms with van der Waals surface area (Å²) in [6, 6.07) is 18.1. The van der Waals surface area contributed by atoms with Crippen LogP contribution in [-0.4, -0.2) is 25.4 Å². The Labute approximate surface area is 157 Å². The van der Waals surface area contributed by atoms with Gasteiger partial charge in [-0.25, -0.2) is 0 Å². The molecule has 0 unspecified atom stereocenters. The van der Waals surface area contributed by atoms with Crippen LogP contribution in [0.1, 0.15) is 6.42 Å². The van der Waals surface area contributed by atoms with Crippen molar-refractivity contribution in [1.29, 1.82) is 5.26 Å².